The van der Waals surface area contributed by atoms with Gasteiger partial charge >= 0.3 is 0 Å². The lowest BCUT2D eigenvalue weighted by Crippen LogP contribution is -2.07. The first-order valence-electron chi connectivity index (χ1n) is 3.92. The summed E-state index contributed by atoms with van der Waals surface area (Å²) >= 11 is 1.70. The third-order valence-corrected chi connectivity index (χ3v) is 2.65. The van der Waals surface area contributed by atoms with Crippen molar-refractivity contribution in [3.05, 3.63) is 16.1 Å². The molecule has 1 rings (SSSR count). The third kappa shape index (κ3) is 2.27. The Balaban J connectivity index is 2.60. The minimum atomic E-state index is 0.200. The molecular formula is C8H14N2S. The van der Waals surface area contributed by atoms with E-state index in [2.05, 4.69) is 11.9 Å². The summed E-state index contributed by atoms with van der Waals surface area (Å²) in [5.41, 5.74) is 5.89. The van der Waals surface area contributed by atoms with Crippen LogP contribution < -0.4 is 5.73 Å². The molecule has 1 aromatic heterocycles. The second-order valence-corrected chi connectivity index (χ2v) is 3.94. The van der Waals surface area contributed by atoms with E-state index in [1.54, 1.807) is 11.3 Å². The van der Waals surface area contributed by atoms with Crippen molar-refractivity contribution in [2.75, 3.05) is 0 Å². The molecule has 0 aliphatic heterocycles. The predicted octanol–water partition coefficient (Wildman–Crippen LogP) is 2.25. The molecule has 0 saturated carbocycles. The van der Waals surface area contributed by atoms with Crippen LogP contribution >= 0.6 is 11.3 Å². The molecule has 0 aliphatic carbocycles. The zero-order valence-corrected chi connectivity index (χ0v) is 7.82. The summed E-state index contributed by atoms with van der Waals surface area (Å²) in [6.45, 7) is 4.15. The maximum atomic E-state index is 5.89. The molecule has 1 aromatic rings. The molecule has 3 heteroatoms. The highest BCUT2D eigenvalue weighted by molar-refractivity contribution is 7.11. The summed E-state index contributed by atoms with van der Waals surface area (Å²) in [5, 5.41) is 1.10. The van der Waals surface area contributed by atoms with Crippen molar-refractivity contribution in [3.63, 3.8) is 0 Å². The van der Waals surface area contributed by atoms with Gasteiger partial charge in [0.25, 0.3) is 0 Å². The third-order valence-electron chi connectivity index (χ3n) is 1.60. The molecule has 0 aliphatic rings. The minimum Gasteiger partial charge on any atom is -0.323 e. The number of nitrogens with zero attached hydrogens (tertiary/aromatic N) is 1. The number of hydrogen-bond donors (Lipinski definition) is 1. The Labute approximate surface area is 71.5 Å². The molecule has 1 atom stereocenters. The van der Waals surface area contributed by atoms with Gasteiger partial charge in [0, 0.05) is 17.1 Å². The van der Waals surface area contributed by atoms with E-state index in [4.69, 9.17) is 5.73 Å². The van der Waals surface area contributed by atoms with Crippen molar-refractivity contribution in [1.82, 2.24) is 4.98 Å². The average molecular weight is 170 g/mol. The Kier molecular flexibility index (Phi) is 3.02. The van der Waals surface area contributed by atoms with Gasteiger partial charge in [0.1, 0.15) is 0 Å². The summed E-state index contributed by atoms with van der Waals surface area (Å²) in [6.07, 6.45) is 4.08. The highest BCUT2D eigenvalue weighted by Crippen LogP contribution is 2.21. The monoisotopic (exact) mass is 170 g/mol. The van der Waals surface area contributed by atoms with Gasteiger partial charge in [-0.25, -0.2) is 4.98 Å². The van der Waals surface area contributed by atoms with Crippen LogP contribution in [0.25, 0.3) is 0 Å². The predicted molar refractivity (Wildman–Crippen MR) is 48.7 cm³/mol. The molecule has 0 aromatic carbocycles. The first kappa shape index (κ1) is 8.68. The fourth-order valence-corrected chi connectivity index (χ4v) is 1.82. The summed E-state index contributed by atoms with van der Waals surface area (Å²) in [6, 6.07) is 0.200. The number of hydrogen-bond acceptors (Lipinski definition) is 3. The lowest BCUT2D eigenvalue weighted by molar-refractivity contribution is 0.647. The molecule has 62 valence electrons. The van der Waals surface area contributed by atoms with Crippen molar-refractivity contribution < 1.29 is 0 Å². The fraction of sp³-hybridized carbons (Fsp3) is 0.625. The van der Waals surface area contributed by atoms with Gasteiger partial charge in [0.05, 0.1) is 5.01 Å². The van der Waals surface area contributed by atoms with Gasteiger partial charge in [-0.3, -0.25) is 0 Å². The Morgan fingerprint density at radius 2 is 2.45 bits per heavy atom. The van der Waals surface area contributed by atoms with Crippen molar-refractivity contribution in [1.29, 1.82) is 0 Å². The van der Waals surface area contributed by atoms with Crippen LogP contribution in [0.2, 0.25) is 0 Å². The van der Waals surface area contributed by atoms with Gasteiger partial charge < -0.3 is 5.73 Å². The van der Waals surface area contributed by atoms with Crippen molar-refractivity contribution in [2.45, 2.75) is 32.7 Å². The molecule has 0 fully saturated rings. The molecule has 11 heavy (non-hydrogen) atoms. The average Bonchev–Trinajstić information content (AvgIpc) is 2.36. The van der Waals surface area contributed by atoms with E-state index in [1.165, 1.54) is 4.88 Å². The summed E-state index contributed by atoms with van der Waals surface area (Å²) in [5.74, 6) is 0. The van der Waals surface area contributed by atoms with Crippen LogP contribution in [-0.4, -0.2) is 4.98 Å². The van der Waals surface area contributed by atoms with Crippen LogP contribution in [0.15, 0.2) is 6.20 Å². The quantitative estimate of drug-likeness (QED) is 0.755. The van der Waals surface area contributed by atoms with Gasteiger partial charge in [0.15, 0.2) is 0 Å². The number of rotatable bonds is 3. The molecule has 0 saturated heterocycles. The first-order chi connectivity index (χ1) is 5.24. The highest BCUT2D eigenvalue weighted by Gasteiger charge is 2.06. The van der Waals surface area contributed by atoms with Crippen LogP contribution in [0.1, 0.15) is 35.7 Å². The number of aromatic nitrogens is 1. The van der Waals surface area contributed by atoms with E-state index in [0.717, 1.165) is 17.8 Å². The first-order valence-corrected chi connectivity index (χ1v) is 4.73. The van der Waals surface area contributed by atoms with Crippen LogP contribution in [0.4, 0.5) is 0 Å². The van der Waals surface area contributed by atoms with Crippen molar-refractivity contribution >= 4 is 11.3 Å². The number of nitrogens with two attached hydrogens (primary N) is 1. The normalized spacial score (nSPS) is 13.4. The van der Waals surface area contributed by atoms with Gasteiger partial charge in [-0.15, -0.1) is 11.3 Å². The van der Waals surface area contributed by atoms with Crippen molar-refractivity contribution in [3.8, 4) is 0 Å². The molecule has 2 nitrogen and oxygen atoms in total. The van der Waals surface area contributed by atoms with Crippen LogP contribution in [0, 0.1) is 6.92 Å². The second-order valence-electron chi connectivity index (χ2n) is 2.68. The largest absolute Gasteiger partial charge is 0.323 e. The topological polar surface area (TPSA) is 38.9 Å². The van der Waals surface area contributed by atoms with Gasteiger partial charge in [0.2, 0.25) is 0 Å². The fourth-order valence-electron chi connectivity index (χ4n) is 1.00. The van der Waals surface area contributed by atoms with Gasteiger partial charge in [-0.2, -0.15) is 0 Å². The summed E-state index contributed by atoms with van der Waals surface area (Å²) < 4.78 is 0. The summed E-state index contributed by atoms with van der Waals surface area (Å²) in [7, 11) is 0. The molecular weight excluding hydrogens is 156 g/mol. The smallest absolute Gasteiger partial charge is 0.0897 e. The maximum Gasteiger partial charge on any atom is 0.0897 e. The van der Waals surface area contributed by atoms with Gasteiger partial charge in [-0.1, -0.05) is 13.3 Å². The zero-order chi connectivity index (χ0) is 8.27. The molecule has 0 spiro atoms. The van der Waals surface area contributed by atoms with E-state index in [0.29, 0.717) is 0 Å². The molecule has 2 N–H and O–H groups in total. The summed E-state index contributed by atoms with van der Waals surface area (Å²) in [4.78, 5) is 5.37. The van der Waals surface area contributed by atoms with E-state index in [9.17, 15) is 0 Å². The lowest BCUT2D eigenvalue weighted by Gasteiger charge is -2.04. The SMILES string of the molecule is CCCC(N)c1cnc(C)s1. The standard InChI is InChI=1S/C8H14N2S/c1-3-4-7(9)8-5-10-6(2)11-8/h5,7H,3-4,9H2,1-2H3. The molecule has 0 radical (unpaired) electrons. The van der Waals surface area contributed by atoms with Gasteiger partial charge in [-0.05, 0) is 13.3 Å². The Bertz CT molecular complexity index is 220. The Morgan fingerprint density at radius 3 is 2.91 bits per heavy atom. The molecule has 1 heterocycles. The molecule has 0 amide bonds. The van der Waals surface area contributed by atoms with Crippen LogP contribution in [-0.2, 0) is 0 Å². The number of aryl methyl sites for hydroxylation is 1. The maximum absolute atomic E-state index is 5.89. The Morgan fingerprint density at radius 1 is 1.73 bits per heavy atom. The van der Waals surface area contributed by atoms with E-state index in [1.807, 2.05) is 13.1 Å². The second kappa shape index (κ2) is 3.83. The molecule has 0 bridgehead atoms. The van der Waals surface area contributed by atoms with Crippen LogP contribution in [0.3, 0.4) is 0 Å². The lowest BCUT2D eigenvalue weighted by atomic mass is 10.2. The molecule has 1 unspecified atom stereocenters. The number of thiazole rings is 1. The minimum absolute atomic E-state index is 0.200. The Hall–Kier alpha value is -0.410. The van der Waals surface area contributed by atoms with E-state index >= 15 is 0 Å². The van der Waals surface area contributed by atoms with E-state index in [-0.39, 0.29) is 6.04 Å². The van der Waals surface area contributed by atoms with Crippen molar-refractivity contribution in [2.24, 2.45) is 5.73 Å². The zero-order valence-electron chi connectivity index (χ0n) is 7.00. The van der Waals surface area contributed by atoms with E-state index < -0.39 is 0 Å². The highest BCUT2D eigenvalue weighted by atomic mass is 32.1. The van der Waals surface area contributed by atoms with Crippen LogP contribution in [0.5, 0.6) is 0 Å².